The molecule has 0 unspecified atom stereocenters. The Morgan fingerprint density at radius 2 is 1.90 bits per heavy atom. The van der Waals surface area contributed by atoms with Crippen LogP contribution in [-0.4, -0.2) is 36.4 Å². The van der Waals surface area contributed by atoms with E-state index in [1.807, 2.05) is 24.3 Å². The summed E-state index contributed by atoms with van der Waals surface area (Å²) < 4.78 is 19.2. The smallest absolute Gasteiger partial charge is 0.149 e. The molecular weight excluding hydrogens is 271 g/mol. The zero-order valence-corrected chi connectivity index (χ0v) is 11.6. The van der Waals surface area contributed by atoms with Crippen LogP contribution in [0.3, 0.4) is 0 Å². The van der Waals surface area contributed by atoms with Crippen LogP contribution in [0.25, 0.3) is 11.1 Å². The van der Waals surface area contributed by atoms with Gasteiger partial charge in [0.15, 0.2) is 0 Å². The van der Waals surface area contributed by atoms with Gasteiger partial charge in [0.1, 0.15) is 5.82 Å². The van der Waals surface area contributed by atoms with Crippen LogP contribution in [0.1, 0.15) is 5.69 Å². The topological polar surface area (TPSA) is 45.6 Å². The van der Waals surface area contributed by atoms with Gasteiger partial charge in [-0.25, -0.2) is 4.39 Å². The Morgan fingerprint density at radius 1 is 1.19 bits per heavy atom. The van der Waals surface area contributed by atoms with E-state index in [1.165, 1.54) is 0 Å². The van der Waals surface area contributed by atoms with Crippen LogP contribution in [0, 0.1) is 5.82 Å². The maximum atomic E-state index is 13.9. The Hall–Kier alpha value is -1.98. The summed E-state index contributed by atoms with van der Waals surface area (Å²) in [4.78, 5) is 6.07. The fraction of sp³-hybridized carbons (Fsp3) is 0.312. The molecule has 2 aromatic rings. The molecule has 1 aromatic heterocycles. The minimum absolute atomic E-state index is 0.195. The first-order valence-electron chi connectivity index (χ1n) is 6.96. The number of morpholine rings is 1. The highest BCUT2D eigenvalue weighted by molar-refractivity contribution is 5.67. The van der Waals surface area contributed by atoms with Crippen LogP contribution < -0.4 is 4.90 Å². The Labute approximate surface area is 122 Å². The van der Waals surface area contributed by atoms with Gasteiger partial charge in [0.2, 0.25) is 0 Å². The summed E-state index contributed by atoms with van der Waals surface area (Å²) in [5.41, 5.74) is 2.81. The SMILES string of the molecule is OCc1cc(-c2ccc(N3CCOCC3)cc2)c(F)cn1. The molecule has 0 amide bonds. The van der Waals surface area contributed by atoms with Gasteiger partial charge in [0.25, 0.3) is 0 Å². The van der Waals surface area contributed by atoms with Crippen molar-refractivity contribution in [2.45, 2.75) is 6.61 Å². The van der Waals surface area contributed by atoms with E-state index in [0.29, 0.717) is 11.3 Å². The lowest BCUT2D eigenvalue weighted by atomic mass is 10.0. The molecule has 5 heteroatoms. The van der Waals surface area contributed by atoms with Gasteiger partial charge in [-0.3, -0.25) is 4.98 Å². The summed E-state index contributed by atoms with van der Waals surface area (Å²) in [7, 11) is 0. The second-order valence-electron chi connectivity index (χ2n) is 4.96. The quantitative estimate of drug-likeness (QED) is 0.940. The van der Waals surface area contributed by atoms with Gasteiger partial charge in [-0.15, -0.1) is 0 Å². The maximum absolute atomic E-state index is 13.9. The molecule has 110 valence electrons. The number of ether oxygens (including phenoxy) is 1. The van der Waals surface area contributed by atoms with Crippen LogP contribution in [0.15, 0.2) is 36.5 Å². The largest absolute Gasteiger partial charge is 0.390 e. The van der Waals surface area contributed by atoms with Gasteiger partial charge < -0.3 is 14.7 Å². The number of aliphatic hydroxyl groups is 1. The lowest BCUT2D eigenvalue weighted by Crippen LogP contribution is -2.36. The third-order valence-corrected chi connectivity index (χ3v) is 3.63. The standard InChI is InChI=1S/C16H17FN2O2/c17-16-10-18-13(11-20)9-15(16)12-1-3-14(4-2-12)19-5-7-21-8-6-19/h1-4,9-10,20H,5-8,11H2. The number of rotatable bonds is 3. The minimum Gasteiger partial charge on any atom is -0.390 e. The second kappa shape index (κ2) is 6.20. The van der Waals surface area contributed by atoms with Crippen molar-refractivity contribution < 1.29 is 14.2 Å². The van der Waals surface area contributed by atoms with E-state index in [-0.39, 0.29) is 12.4 Å². The van der Waals surface area contributed by atoms with Crippen molar-refractivity contribution in [1.82, 2.24) is 4.98 Å². The number of hydrogen-bond donors (Lipinski definition) is 1. The molecule has 0 radical (unpaired) electrons. The van der Waals surface area contributed by atoms with Gasteiger partial charge in [-0.2, -0.15) is 0 Å². The first-order chi connectivity index (χ1) is 10.3. The third-order valence-electron chi connectivity index (χ3n) is 3.63. The molecule has 0 aliphatic carbocycles. The summed E-state index contributed by atoms with van der Waals surface area (Å²) in [6.07, 6.45) is 1.15. The average Bonchev–Trinajstić information content (AvgIpc) is 2.56. The highest BCUT2D eigenvalue weighted by Crippen LogP contribution is 2.26. The molecule has 0 bridgehead atoms. The normalized spacial score (nSPS) is 15.2. The third kappa shape index (κ3) is 3.04. The Balaban J connectivity index is 1.86. The number of nitrogens with zero attached hydrogens (tertiary/aromatic N) is 2. The van der Waals surface area contributed by atoms with Crippen molar-refractivity contribution in [3.63, 3.8) is 0 Å². The molecule has 0 saturated carbocycles. The molecule has 3 rings (SSSR count). The van der Waals surface area contributed by atoms with Gasteiger partial charge in [-0.1, -0.05) is 12.1 Å². The maximum Gasteiger partial charge on any atom is 0.149 e. The number of benzene rings is 1. The number of hydrogen-bond acceptors (Lipinski definition) is 4. The number of halogens is 1. The number of anilines is 1. The molecule has 0 spiro atoms. The lowest BCUT2D eigenvalue weighted by Gasteiger charge is -2.28. The molecular formula is C16H17FN2O2. The monoisotopic (exact) mass is 288 g/mol. The molecule has 1 fully saturated rings. The average molecular weight is 288 g/mol. The van der Waals surface area contributed by atoms with Gasteiger partial charge in [0, 0.05) is 24.3 Å². The summed E-state index contributed by atoms with van der Waals surface area (Å²) in [6, 6.07) is 9.34. The first-order valence-corrected chi connectivity index (χ1v) is 6.96. The van der Waals surface area contributed by atoms with E-state index < -0.39 is 0 Å². The molecule has 21 heavy (non-hydrogen) atoms. The molecule has 1 N–H and O–H groups in total. The highest BCUT2D eigenvalue weighted by atomic mass is 19.1. The van der Waals surface area contributed by atoms with Crippen LogP contribution in [0.5, 0.6) is 0 Å². The summed E-state index contributed by atoms with van der Waals surface area (Å²) >= 11 is 0. The zero-order valence-electron chi connectivity index (χ0n) is 11.6. The van der Waals surface area contributed by atoms with E-state index >= 15 is 0 Å². The Kier molecular flexibility index (Phi) is 4.13. The molecule has 0 atom stereocenters. The molecule has 1 aliphatic heterocycles. The zero-order chi connectivity index (χ0) is 14.7. The van der Waals surface area contributed by atoms with Gasteiger partial charge in [-0.05, 0) is 23.8 Å². The van der Waals surface area contributed by atoms with Crippen LogP contribution in [-0.2, 0) is 11.3 Å². The van der Waals surface area contributed by atoms with Crippen LogP contribution >= 0.6 is 0 Å². The predicted molar refractivity (Wildman–Crippen MR) is 78.6 cm³/mol. The summed E-state index contributed by atoms with van der Waals surface area (Å²) in [5, 5.41) is 9.11. The van der Waals surface area contributed by atoms with Crippen molar-refractivity contribution in [2.24, 2.45) is 0 Å². The van der Waals surface area contributed by atoms with Crippen molar-refractivity contribution in [3.05, 3.63) is 48.0 Å². The van der Waals surface area contributed by atoms with Crippen molar-refractivity contribution in [1.29, 1.82) is 0 Å². The fourth-order valence-corrected chi connectivity index (χ4v) is 2.46. The number of pyridine rings is 1. The molecule has 2 heterocycles. The van der Waals surface area contributed by atoms with Crippen molar-refractivity contribution in [2.75, 3.05) is 31.2 Å². The van der Waals surface area contributed by atoms with E-state index in [0.717, 1.165) is 43.8 Å². The molecule has 4 nitrogen and oxygen atoms in total. The molecule has 1 aliphatic rings. The lowest BCUT2D eigenvalue weighted by molar-refractivity contribution is 0.122. The molecule has 1 aromatic carbocycles. The Bertz CT molecular complexity index is 610. The minimum atomic E-state index is -0.383. The summed E-state index contributed by atoms with van der Waals surface area (Å²) in [6.45, 7) is 3.02. The number of aromatic nitrogens is 1. The first kappa shape index (κ1) is 14.0. The second-order valence-corrected chi connectivity index (χ2v) is 4.96. The van der Waals surface area contributed by atoms with Crippen molar-refractivity contribution in [3.8, 4) is 11.1 Å². The van der Waals surface area contributed by atoms with Gasteiger partial charge in [0.05, 0.1) is 31.7 Å². The van der Waals surface area contributed by atoms with E-state index in [1.54, 1.807) is 6.07 Å². The highest BCUT2D eigenvalue weighted by Gasteiger charge is 2.12. The fourth-order valence-electron chi connectivity index (χ4n) is 2.46. The van der Waals surface area contributed by atoms with E-state index in [4.69, 9.17) is 9.84 Å². The van der Waals surface area contributed by atoms with E-state index in [9.17, 15) is 4.39 Å². The van der Waals surface area contributed by atoms with Crippen LogP contribution in [0.2, 0.25) is 0 Å². The van der Waals surface area contributed by atoms with E-state index in [2.05, 4.69) is 9.88 Å². The van der Waals surface area contributed by atoms with Gasteiger partial charge >= 0.3 is 0 Å². The number of aliphatic hydroxyl groups excluding tert-OH is 1. The Morgan fingerprint density at radius 3 is 2.57 bits per heavy atom. The van der Waals surface area contributed by atoms with Crippen molar-refractivity contribution >= 4 is 5.69 Å². The van der Waals surface area contributed by atoms with Crippen LogP contribution in [0.4, 0.5) is 10.1 Å². The molecule has 1 saturated heterocycles. The predicted octanol–water partition coefficient (Wildman–Crippen LogP) is 2.22. The summed E-state index contributed by atoms with van der Waals surface area (Å²) in [5.74, 6) is -0.383.